The van der Waals surface area contributed by atoms with E-state index in [-0.39, 0.29) is 11.2 Å². The lowest BCUT2D eigenvalue weighted by Crippen LogP contribution is -2.46. The monoisotopic (exact) mass is 303 g/mol. The van der Waals surface area contributed by atoms with Crippen molar-refractivity contribution in [1.29, 1.82) is 0 Å². The summed E-state index contributed by atoms with van der Waals surface area (Å²) in [6.45, 7) is 7.30. The smallest absolute Gasteiger partial charge is 0.212 e. The van der Waals surface area contributed by atoms with E-state index in [1.807, 2.05) is 0 Å². The van der Waals surface area contributed by atoms with Gasteiger partial charge >= 0.3 is 0 Å². The predicted octanol–water partition coefficient (Wildman–Crippen LogP) is 0.781. The van der Waals surface area contributed by atoms with Crippen LogP contribution in [0.4, 0.5) is 0 Å². The second kappa shape index (κ2) is 7.20. The number of nitrogens with zero attached hydrogens (tertiary/aromatic N) is 1. The van der Waals surface area contributed by atoms with Crippen molar-refractivity contribution in [2.75, 3.05) is 45.0 Å². The quantitative estimate of drug-likeness (QED) is 0.730. The zero-order valence-corrected chi connectivity index (χ0v) is 13.5. The molecule has 1 saturated heterocycles. The van der Waals surface area contributed by atoms with E-state index in [4.69, 9.17) is 0 Å². The summed E-state index contributed by atoms with van der Waals surface area (Å²) in [7, 11) is -3.13. The molecule has 0 radical (unpaired) electrons. The van der Waals surface area contributed by atoms with E-state index < -0.39 is 10.0 Å². The van der Waals surface area contributed by atoms with E-state index in [1.54, 1.807) is 0 Å². The Balaban J connectivity index is 1.75. The van der Waals surface area contributed by atoms with Gasteiger partial charge in [0.15, 0.2) is 0 Å². The Morgan fingerprint density at radius 1 is 1.20 bits per heavy atom. The highest BCUT2D eigenvalue weighted by molar-refractivity contribution is 7.89. The maximum absolute atomic E-state index is 12.1. The van der Waals surface area contributed by atoms with E-state index in [0.29, 0.717) is 13.1 Å². The van der Waals surface area contributed by atoms with Crippen molar-refractivity contribution in [3.8, 4) is 0 Å². The first-order chi connectivity index (χ1) is 9.55. The maximum Gasteiger partial charge on any atom is 0.212 e. The van der Waals surface area contributed by atoms with Gasteiger partial charge in [-0.1, -0.05) is 19.8 Å². The standard InChI is InChI=1S/C14H29N3O2S/c1-2-14(5-3-4-6-14)13-16-20(18,19)12-11-17-9-7-15-8-10-17/h15-16H,2-13H2,1H3. The minimum atomic E-state index is -3.13. The molecule has 2 N–H and O–H groups in total. The van der Waals surface area contributed by atoms with Crippen LogP contribution in [0.5, 0.6) is 0 Å². The molecule has 1 saturated carbocycles. The van der Waals surface area contributed by atoms with Crippen LogP contribution in [0.15, 0.2) is 0 Å². The Morgan fingerprint density at radius 3 is 2.45 bits per heavy atom. The van der Waals surface area contributed by atoms with E-state index in [9.17, 15) is 8.42 Å². The van der Waals surface area contributed by atoms with Crippen molar-refractivity contribution >= 4 is 10.0 Å². The molecule has 0 atom stereocenters. The lowest BCUT2D eigenvalue weighted by Gasteiger charge is -2.29. The van der Waals surface area contributed by atoms with Crippen molar-refractivity contribution in [3.63, 3.8) is 0 Å². The highest BCUT2D eigenvalue weighted by atomic mass is 32.2. The van der Waals surface area contributed by atoms with Gasteiger partial charge in [0, 0.05) is 39.3 Å². The number of sulfonamides is 1. The van der Waals surface area contributed by atoms with Gasteiger partial charge in [-0.05, 0) is 24.7 Å². The zero-order chi connectivity index (χ0) is 14.5. The zero-order valence-electron chi connectivity index (χ0n) is 12.7. The van der Waals surface area contributed by atoms with Crippen LogP contribution in [-0.4, -0.2) is 58.3 Å². The molecule has 0 aromatic heterocycles. The Labute approximate surface area is 123 Å². The molecule has 2 aliphatic rings. The number of nitrogens with one attached hydrogen (secondary N) is 2. The van der Waals surface area contributed by atoms with Crippen LogP contribution in [0.3, 0.4) is 0 Å². The summed E-state index contributed by atoms with van der Waals surface area (Å²) >= 11 is 0. The average molecular weight is 303 g/mol. The third-order valence-corrected chi connectivity index (χ3v) is 6.27. The second-order valence-electron chi connectivity index (χ2n) is 6.29. The minimum Gasteiger partial charge on any atom is -0.314 e. The summed E-state index contributed by atoms with van der Waals surface area (Å²) in [4.78, 5) is 2.22. The van der Waals surface area contributed by atoms with Crippen LogP contribution in [0.25, 0.3) is 0 Å². The van der Waals surface area contributed by atoms with Crippen molar-refractivity contribution in [2.45, 2.75) is 39.0 Å². The van der Waals surface area contributed by atoms with Gasteiger partial charge in [-0.15, -0.1) is 0 Å². The number of hydrogen-bond donors (Lipinski definition) is 2. The van der Waals surface area contributed by atoms with Crippen LogP contribution in [-0.2, 0) is 10.0 Å². The molecule has 0 aromatic carbocycles. The van der Waals surface area contributed by atoms with Crippen LogP contribution in [0, 0.1) is 5.41 Å². The first-order valence-corrected chi connectivity index (χ1v) is 9.61. The first kappa shape index (κ1) is 16.2. The van der Waals surface area contributed by atoms with Crippen molar-refractivity contribution in [3.05, 3.63) is 0 Å². The van der Waals surface area contributed by atoms with Gasteiger partial charge in [-0.25, -0.2) is 13.1 Å². The molecule has 6 heteroatoms. The van der Waals surface area contributed by atoms with Crippen molar-refractivity contribution < 1.29 is 8.42 Å². The van der Waals surface area contributed by atoms with Gasteiger partial charge in [0.05, 0.1) is 5.75 Å². The van der Waals surface area contributed by atoms with E-state index >= 15 is 0 Å². The van der Waals surface area contributed by atoms with E-state index in [0.717, 1.165) is 32.6 Å². The first-order valence-electron chi connectivity index (χ1n) is 7.96. The van der Waals surface area contributed by atoms with Crippen LogP contribution >= 0.6 is 0 Å². The predicted molar refractivity (Wildman–Crippen MR) is 82.3 cm³/mol. The molecule has 0 spiro atoms. The molecular formula is C14H29N3O2S. The summed E-state index contributed by atoms with van der Waals surface area (Å²) in [6, 6.07) is 0. The Hall–Kier alpha value is -0.170. The molecular weight excluding hydrogens is 274 g/mol. The molecule has 0 amide bonds. The largest absolute Gasteiger partial charge is 0.314 e. The highest BCUT2D eigenvalue weighted by Crippen LogP contribution is 2.40. The molecule has 2 fully saturated rings. The van der Waals surface area contributed by atoms with Gasteiger partial charge in [-0.2, -0.15) is 0 Å². The highest BCUT2D eigenvalue weighted by Gasteiger charge is 2.33. The van der Waals surface area contributed by atoms with Crippen LogP contribution in [0.2, 0.25) is 0 Å². The number of hydrogen-bond acceptors (Lipinski definition) is 4. The SMILES string of the molecule is CCC1(CNS(=O)(=O)CCN2CCNCC2)CCCC1. The molecule has 2 rings (SSSR count). The fourth-order valence-corrected chi connectivity index (χ4v) is 4.47. The third-order valence-electron chi connectivity index (χ3n) is 4.97. The molecule has 5 nitrogen and oxygen atoms in total. The van der Waals surface area contributed by atoms with Gasteiger partial charge in [0.25, 0.3) is 0 Å². The van der Waals surface area contributed by atoms with Gasteiger partial charge < -0.3 is 5.32 Å². The Kier molecular flexibility index (Phi) is 5.84. The fourth-order valence-electron chi connectivity index (χ4n) is 3.30. The van der Waals surface area contributed by atoms with Gasteiger partial charge in [0.2, 0.25) is 10.0 Å². The van der Waals surface area contributed by atoms with E-state index in [2.05, 4.69) is 21.9 Å². The molecule has 0 bridgehead atoms. The van der Waals surface area contributed by atoms with Crippen molar-refractivity contribution in [1.82, 2.24) is 14.9 Å². The van der Waals surface area contributed by atoms with Gasteiger partial charge in [0.1, 0.15) is 0 Å². The van der Waals surface area contributed by atoms with Gasteiger partial charge in [-0.3, -0.25) is 4.90 Å². The normalized spacial score (nSPS) is 24.1. The van der Waals surface area contributed by atoms with Crippen LogP contribution in [0.1, 0.15) is 39.0 Å². The van der Waals surface area contributed by atoms with Crippen molar-refractivity contribution in [2.24, 2.45) is 5.41 Å². The molecule has 1 aliphatic heterocycles. The summed E-state index contributed by atoms with van der Waals surface area (Å²) in [5.74, 6) is 0.229. The molecule has 0 aromatic rings. The summed E-state index contributed by atoms with van der Waals surface area (Å²) in [5, 5.41) is 3.28. The Morgan fingerprint density at radius 2 is 1.85 bits per heavy atom. The summed E-state index contributed by atoms with van der Waals surface area (Å²) in [5.41, 5.74) is 0.224. The second-order valence-corrected chi connectivity index (χ2v) is 8.22. The molecule has 0 unspecified atom stereocenters. The molecule has 1 aliphatic carbocycles. The lowest BCUT2D eigenvalue weighted by atomic mass is 9.84. The average Bonchev–Trinajstić information content (AvgIpc) is 2.94. The topological polar surface area (TPSA) is 61.4 Å². The molecule has 20 heavy (non-hydrogen) atoms. The lowest BCUT2D eigenvalue weighted by molar-refractivity contribution is 0.253. The summed E-state index contributed by atoms with van der Waals surface area (Å²) < 4.78 is 27.1. The number of piperazine rings is 1. The molecule has 1 heterocycles. The summed E-state index contributed by atoms with van der Waals surface area (Å²) in [6.07, 6.45) is 5.91. The fraction of sp³-hybridized carbons (Fsp3) is 1.00. The molecule has 118 valence electrons. The minimum absolute atomic E-state index is 0.224. The Bertz CT molecular complexity index is 385. The van der Waals surface area contributed by atoms with Crippen LogP contribution < -0.4 is 10.0 Å². The number of rotatable bonds is 7. The maximum atomic E-state index is 12.1. The third kappa shape index (κ3) is 4.69. The van der Waals surface area contributed by atoms with E-state index in [1.165, 1.54) is 25.7 Å².